The van der Waals surface area contributed by atoms with Crippen LogP contribution in [0.4, 0.5) is 0 Å². The molecule has 2 aliphatic heterocycles. The van der Waals surface area contributed by atoms with Gasteiger partial charge in [0.1, 0.15) is 0 Å². The lowest BCUT2D eigenvalue weighted by Gasteiger charge is -2.36. The van der Waals surface area contributed by atoms with Crippen molar-refractivity contribution in [3.63, 3.8) is 0 Å². The molecule has 2 saturated carbocycles. The molecule has 174 valence electrons. The lowest BCUT2D eigenvalue weighted by molar-refractivity contribution is -0.136. The molecule has 0 radical (unpaired) electrons. The van der Waals surface area contributed by atoms with E-state index in [2.05, 4.69) is 16.3 Å². The molecule has 0 unspecified atom stereocenters. The van der Waals surface area contributed by atoms with Crippen LogP contribution in [0.5, 0.6) is 0 Å². The molecular weight excluding hydrogens is 434 g/mol. The number of rotatable bonds is 6. The smallest absolute Gasteiger partial charge is 0.338 e. The Hall–Kier alpha value is -2.54. The fraction of sp³-hybridized carbons (Fsp3) is 0.500. The minimum Gasteiger partial charge on any atom is -0.466 e. The third-order valence-electron chi connectivity index (χ3n) is 7.41. The summed E-state index contributed by atoms with van der Waals surface area (Å²) in [7, 11) is 1.41. The SMILES string of the molecule is CCC1=C(C(=O)OC)[C@H](c2cccc(C)c2)N2C(CC(=O)N[C@@H]3C[C@H]4CC[C@H]3C4)=CSC2=N1. The maximum absolute atomic E-state index is 13.1. The van der Waals surface area contributed by atoms with E-state index in [1.165, 1.54) is 38.1 Å². The Bertz CT molecular complexity index is 1080. The Morgan fingerprint density at radius 1 is 1.27 bits per heavy atom. The van der Waals surface area contributed by atoms with Crippen LogP contribution in [0.15, 0.2) is 51.6 Å². The Morgan fingerprint density at radius 2 is 2.12 bits per heavy atom. The molecule has 1 amide bonds. The monoisotopic (exact) mass is 465 g/mol. The largest absolute Gasteiger partial charge is 0.466 e. The van der Waals surface area contributed by atoms with Crippen LogP contribution in [-0.4, -0.2) is 35.1 Å². The highest BCUT2D eigenvalue weighted by molar-refractivity contribution is 8.16. The van der Waals surface area contributed by atoms with E-state index in [1.807, 2.05) is 37.5 Å². The van der Waals surface area contributed by atoms with Crippen LogP contribution in [0.1, 0.15) is 62.6 Å². The lowest BCUT2D eigenvalue weighted by Crippen LogP contribution is -2.41. The Balaban J connectivity index is 1.44. The first-order chi connectivity index (χ1) is 16.0. The van der Waals surface area contributed by atoms with Crippen molar-refractivity contribution in [3.05, 3.63) is 57.8 Å². The van der Waals surface area contributed by atoms with E-state index >= 15 is 0 Å². The molecule has 7 heteroatoms. The molecule has 5 rings (SSSR count). The summed E-state index contributed by atoms with van der Waals surface area (Å²) in [4.78, 5) is 32.9. The van der Waals surface area contributed by atoms with E-state index in [0.717, 1.165) is 40.0 Å². The predicted octanol–water partition coefficient (Wildman–Crippen LogP) is 4.83. The van der Waals surface area contributed by atoms with Crippen LogP contribution >= 0.6 is 11.8 Å². The number of benzene rings is 1. The van der Waals surface area contributed by atoms with Gasteiger partial charge in [-0.25, -0.2) is 9.79 Å². The summed E-state index contributed by atoms with van der Waals surface area (Å²) >= 11 is 1.52. The first kappa shape index (κ1) is 22.3. The van der Waals surface area contributed by atoms with Gasteiger partial charge in [0, 0.05) is 11.7 Å². The number of aliphatic imine (C=N–C) groups is 1. The van der Waals surface area contributed by atoms with Crippen molar-refractivity contribution in [2.75, 3.05) is 7.11 Å². The van der Waals surface area contributed by atoms with Gasteiger partial charge in [0.25, 0.3) is 0 Å². The highest BCUT2D eigenvalue weighted by Crippen LogP contribution is 2.46. The first-order valence-electron chi connectivity index (χ1n) is 11.9. The number of methoxy groups -OCH3 is 1. The molecule has 0 aromatic heterocycles. The molecule has 1 N–H and O–H groups in total. The number of ether oxygens (including phenoxy) is 1. The van der Waals surface area contributed by atoms with Gasteiger partial charge < -0.3 is 15.0 Å². The lowest BCUT2D eigenvalue weighted by atomic mass is 9.92. The number of esters is 1. The Kier molecular flexibility index (Phi) is 6.08. The van der Waals surface area contributed by atoms with E-state index in [4.69, 9.17) is 9.73 Å². The maximum Gasteiger partial charge on any atom is 0.338 e. The van der Waals surface area contributed by atoms with E-state index in [0.29, 0.717) is 24.0 Å². The summed E-state index contributed by atoms with van der Waals surface area (Å²) in [6.07, 6.45) is 5.83. The fourth-order valence-electron chi connectivity index (χ4n) is 5.91. The van der Waals surface area contributed by atoms with Crippen molar-refractivity contribution >= 4 is 28.8 Å². The second-order valence-electron chi connectivity index (χ2n) is 9.54. The van der Waals surface area contributed by atoms with Gasteiger partial charge in [0.2, 0.25) is 5.91 Å². The van der Waals surface area contributed by atoms with Crippen LogP contribution < -0.4 is 5.32 Å². The second-order valence-corrected chi connectivity index (χ2v) is 10.4. The van der Waals surface area contributed by atoms with E-state index < -0.39 is 0 Å². The van der Waals surface area contributed by atoms with Crippen LogP contribution in [0.25, 0.3) is 0 Å². The third kappa shape index (κ3) is 4.12. The number of nitrogens with zero attached hydrogens (tertiary/aromatic N) is 2. The zero-order valence-corrected chi connectivity index (χ0v) is 20.3. The first-order valence-corrected chi connectivity index (χ1v) is 12.8. The number of hydrogen-bond acceptors (Lipinski definition) is 6. The Labute approximate surface area is 199 Å². The van der Waals surface area contributed by atoms with Crippen LogP contribution in [0, 0.1) is 18.8 Å². The number of amidine groups is 1. The van der Waals surface area contributed by atoms with Gasteiger partial charge >= 0.3 is 5.97 Å². The van der Waals surface area contributed by atoms with Gasteiger partial charge in [-0.15, -0.1) is 0 Å². The fourth-order valence-corrected chi connectivity index (χ4v) is 6.85. The van der Waals surface area contributed by atoms with Crippen molar-refractivity contribution in [2.24, 2.45) is 16.8 Å². The quantitative estimate of drug-likeness (QED) is 0.610. The molecule has 2 aliphatic carbocycles. The van der Waals surface area contributed by atoms with Crippen molar-refractivity contribution in [3.8, 4) is 0 Å². The van der Waals surface area contributed by atoms with Gasteiger partial charge in [0.05, 0.1) is 30.8 Å². The van der Waals surface area contributed by atoms with Crippen molar-refractivity contribution in [1.29, 1.82) is 0 Å². The second kappa shape index (κ2) is 9.01. The third-order valence-corrected chi connectivity index (χ3v) is 8.30. The topological polar surface area (TPSA) is 71.0 Å². The average molecular weight is 466 g/mol. The van der Waals surface area contributed by atoms with Gasteiger partial charge in [-0.05, 0) is 55.4 Å². The molecule has 6 nitrogen and oxygen atoms in total. The normalized spacial score (nSPS) is 27.9. The van der Waals surface area contributed by atoms with E-state index in [9.17, 15) is 9.59 Å². The molecule has 2 heterocycles. The van der Waals surface area contributed by atoms with Crippen LogP contribution in [-0.2, 0) is 14.3 Å². The van der Waals surface area contributed by atoms with Crippen LogP contribution in [0.3, 0.4) is 0 Å². The molecule has 4 atom stereocenters. The summed E-state index contributed by atoms with van der Waals surface area (Å²) < 4.78 is 5.19. The number of thioether (sulfide) groups is 1. The average Bonchev–Trinajstić information content (AvgIpc) is 3.53. The molecule has 0 saturated heterocycles. The Morgan fingerprint density at radius 3 is 2.79 bits per heavy atom. The minimum atomic E-state index is -0.371. The maximum atomic E-state index is 13.1. The number of hydrogen-bond donors (Lipinski definition) is 1. The van der Waals surface area contributed by atoms with E-state index in [-0.39, 0.29) is 24.3 Å². The summed E-state index contributed by atoms with van der Waals surface area (Å²) in [5, 5.41) is 6.13. The minimum absolute atomic E-state index is 0.0496. The van der Waals surface area contributed by atoms with Gasteiger partial charge in [-0.1, -0.05) is 54.9 Å². The summed E-state index contributed by atoms with van der Waals surface area (Å²) in [5.74, 6) is 1.10. The summed E-state index contributed by atoms with van der Waals surface area (Å²) in [6.45, 7) is 4.05. The molecule has 4 aliphatic rings. The molecule has 33 heavy (non-hydrogen) atoms. The zero-order valence-electron chi connectivity index (χ0n) is 19.5. The molecule has 2 fully saturated rings. The molecule has 1 aromatic rings. The number of carbonyl (C=O) groups is 2. The van der Waals surface area contributed by atoms with Crippen LogP contribution in [0.2, 0.25) is 0 Å². The highest BCUT2D eigenvalue weighted by Gasteiger charge is 2.43. The van der Waals surface area contributed by atoms with Crippen molar-refractivity contribution in [1.82, 2.24) is 10.2 Å². The van der Waals surface area contributed by atoms with Gasteiger partial charge in [-0.2, -0.15) is 0 Å². The predicted molar refractivity (Wildman–Crippen MR) is 130 cm³/mol. The standard InChI is InChI=1S/C26H31N3O3S/c1-4-20-23(25(31)32-3)24(18-7-5-6-15(2)10-18)29-19(14-33-26(29)28-20)13-22(30)27-21-12-16-8-9-17(21)11-16/h5-7,10,14,16-17,21,24H,4,8-9,11-13H2,1-3H3,(H,27,30)/t16-,17-,21+,24-/m0/s1. The summed E-state index contributed by atoms with van der Waals surface area (Å²) in [6, 6.07) is 8.13. The number of allylic oxidation sites excluding steroid dienone is 1. The molecule has 2 bridgehead atoms. The number of amides is 1. The molecular formula is C26H31N3O3S. The van der Waals surface area contributed by atoms with Gasteiger partial charge in [-0.3, -0.25) is 4.79 Å². The van der Waals surface area contributed by atoms with Gasteiger partial charge in [0.15, 0.2) is 5.17 Å². The number of fused-ring (bicyclic) bond motifs is 3. The van der Waals surface area contributed by atoms with E-state index in [1.54, 1.807) is 0 Å². The molecule has 1 aromatic carbocycles. The number of nitrogens with one attached hydrogen (secondary N) is 1. The zero-order chi connectivity index (χ0) is 23.1. The summed E-state index contributed by atoms with van der Waals surface area (Å²) in [5.41, 5.74) is 4.29. The van der Waals surface area contributed by atoms with Crippen molar-refractivity contribution in [2.45, 2.75) is 64.5 Å². The number of aryl methyl sites for hydroxylation is 1. The van der Waals surface area contributed by atoms with Crippen molar-refractivity contribution < 1.29 is 14.3 Å². The number of carbonyl (C=O) groups excluding carboxylic acids is 2. The highest BCUT2D eigenvalue weighted by atomic mass is 32.2. The molecule has 0 spiro atoms.